The lowest BCUT2D eigenvalue weighted by atomic mass is 10.1. The molecule has 1 atom stereocenters. The molecule has 0 bridgehead atoms. The zero-order chi connectivity index (χ0) is 17.7. The smallest absolute Gasteiger partial charge is 0.411 e. The summed E-state index contributed by atoms with van der Waals surface area (Å²) in [7, 11) is 0. The van der Waals surface area contributed by atoms with Gasteiger partial charge in [0.1, 0.15) is 23.3 Å². The van der Waals surface area contributed by atoms with E-state index >= 15 is 0 Å². The van der Waals surface area contributed by atoms with Crippen LogP contribution in [-0.4, -0.2) is 59.7 Å². The number of hydrogen-bond donors (Lipinski definition) is 1. The maximum atomic E-state index is 12.8. The van der Waals surface area contributed by atoms with E-state index in [1.54, 1.807) is 20.8 Å². The highest BCUT2D eigenvalue weighted by Gasteiger charge is 2.35. The Morgan fingerprint density at radius 1 is 1.46 bits per heavy atom. The van der Waals surface area contributed by atoms with Crippen molar-refractivity contribution in [3.05, 3.63) is 24.1 Å². The summed E-state index contributed by atoms with van der Waals surface area (Å²) < 4.78 is 23.5. The Labute approximate surface area is 140 Å². The fraction of sp³-hybridized carbons (Fsp3) is 0.562. The van der Waals surface area contributed by atoms with E-state index < -0.39 is 23.6 Å². The zero-order valence-electron chi connectivity index (χ0n) is 14.0. The molecule has 7 nitrogen and oxygen atoms in total. The molecule has 1 aromatic heterocycles. The van der Waals surface area contributed by atoms with Gasteiger partial charge in [-0.1, -0.05) is 0 Å². The number of halogens is 1. The molecule has 1 aromatic rings. The van der Waals surface area contributed by atoms with Crippen molar-refractivity contribution in [2.75, 3.05) is 31.6 Å². The number of nitrogens with zero attached hydrogens (tertiary/aromatic N) is 2. The minimum atomic E-state index is -0.721. The van der Waals surface area contributed by atoms with Crippen LogP contribution in [0.2, 0.25) is 0 Å². The molecule has 0 unspecified atom stereocenters. The van der Waals surface area contributed by atoms with Crippen molar-refractivity contribution >= 4 is 17.7 Å². The van der Waals surface area contributed by atoms with Crippen LogP contribution >= 0.6 is 0 Å². The van der Waals surface area contributed by atoms with Gasteiger partial charge in [0.25, 0.3) is 0 Å². The first-order valence-corrected chi connectivity index (χ1v) is 7.72. The number of anilines is 1. The summed E-state index contributed by atoms with van der Waals surface area (Å²) in [6.07, 6.45) is 0.521. The molecular weight excluding hydrogens is 317 g/mol. The molecule has 1 aliphatic heterocycles. The maximum absolute atomic E-state index is 12.8. The lowest BCUT2D eigenvalue weighted by Gasteiger charge is -2.35. The van der Waals surface area contributed by atoms with Crippen molar-refractivity contribution < 1.29 is 23.5 Å². The number of pyridine rings is 1. The molecule has 0 aliphatic carbocycles. The molecule has 0 spiro atoms. The molecule has 0 saturated carbocycles. The SMILES string of the molecule is CC(C)(C)OC(=O)N1CCOC[C@@H]1C(=O)CNc1ccc(F)cn1. The maximum Gasteiger partial charge on any atom is 0.411 e. The van der Waals surface area contributed by atoms with Gasteiger partial charge in [0, 0.05) is 6.54 Å². The van der Waals surface area contributed by atoms with E-state index in [0.29, 0.717) is 19.0 Å². The van der Waals surface area contributed by atoms with Gasteiger partial charge in [0.15, 0.2) is 5.78 Å². The molecule has 1 fully saturated rings. The van der Waals surface area contributed by atoms with Crippen LogP contribution in [0, 0.1) is 5.82 Å². The summed E-state index contributed by atoms with van der Waals surface area (Å²) in [4.78, 5) is 29.9. The third-order valence-electron chi connectivity index (χ3n) is 3.30. The number of amides is 1. The van der Waals surface area contributed by atoms with E-state index in [2.05, 4.69) is 10.3 Å². The van der Waals surface area contributed by atoms with E-state index in [0.717, 1.165) is 6.20 Å². The average molecular weight is 339 g/mol. The highest BCUT2D eigenvalue weighted by Crippen LogP contribution is 2.15. The number of ketones is 1. The number of ether oxygens (including phenoxy) is 2. The molecule has 1 amide bonds. The molecule has 1 saturated heterocycles. The second-order valence-corrected chi connectivity index (χ2v) is 6.45. The third kappa shape index (κ3) is 5.16. The minimum absolute atomic E-state index is 0.0496. The third-order valence-corrected chi connectivity index (χ3v) is 3.30. The molecular formula is C16H22FN3O4. The zero-order valence-corrected chi connectivity index (χ0v) is 14.0. The minimum Gasteiger partial charge on any atom is -0.444 e. The van der Waals surface area contributed by atoms with Crippen LogP contribution in [0.15, 0.2) is 18.3 Å². The molecule has 1 N–H and O–H groups in total. The molecule has 0 aromatic carbocycles. The summed E-state index contributed by atoms with van der Waals surface area (Å²) >= 11 is 0. The van der Waals surface area contributed by atoms with Crippen LogP contribution in [-0.2, 0) is 14.3 Å². The van der Waals surface area contributed by atoms with Crippen molar-refractivity contribution in [1.82, 2.24) is 9.88 Å². The van der Waals surface area contributed by atoms with E-state index in [9.17, 15) is 14.0 Å². The second kappa shape index (κ2) is 7.57. The first-order chi connectivity index (χ1) is 11.3. The fourth-order valence-electron chi connectivity index (χ4n) is 2.19. The fourth-order valence-corrected chi connectivity index (χ4v) is 2.19. The number of carbonyl (C=O) groups excluding carboxylic acids is 2. The highest BCUT2D eigenvalue weighted by atomic mass is 19.1. The van der Waals surface area contributed by atoms with Crippen molar-refractivity contribution in [1.29, 1.82) is 0 Å². The van der Waals surface area contributed by atoms with Crippen LogP contribution in [0.25, 0.3) is 0 Å². The normalized spacial score (nSPS) is 18.2. The summed E-state index contributed by atoms with van der Waals surface area (Å²) in [5.41, 5.74) is -0.640. The van der Waals surface area contributed by atoms with Gasteiger partial charge in [0.05, 0.1) is 26.0 Å². The van der Waals surface area contributed by atoms with Crippen molar-refractivity contribution in [2.24, 2.45) is 0 Å². The van der Waals surface area contributed by atoms with Crippen LogP contribution in [0.5, 0.6) is 0 Å². The summed E-state index contributed by atoms with van der Waals surface area (Å²) in [6.45, 7) is 6.02. The van der Waals surface area contributed by atoms with Gasteiger partial charge in [-0.2, -0.15) is 0 Å². The topological polar surface area (TPSA) is 80.8 Å². The molecule has 2 heterocycles. The van der Waals surface area contributed by atoms with Crippen LogP contribution in [0.4, 0.5) is 15.0 Å². The van der Waals surface area contributed by atoms with E-state index in [-0.39, 0.29) is 18.9 Å². The Morgan fingerprint density at radius 2 is 2.21 bits per heavy atom. The number of nitrogens with one attached hydrogen (secondary N) is 1. The summed E-state index contributed by atoms with van der Waals surface area (Å²) in [5, 5.41) is 2.82. The lowest BCUT2D eigenvalue weighted by Crippen LogP contribution is -2.55. The van der Waals surface area contributed by atoms with Crippen molar-refractivity contribution in [3.63, 3.8) is 0 Å². The molecule has 2 rings (SSSR count). The van der Waals surface area contributed by atoms with Gasteiger partial charge < -0.3 is 14.8 Å². The van der Waals surface area contributed by atoms with Gasteiger partial charge in [0.2, 0.25) is 0 Å². The number of Topliss-reactive ketones (excluding diaryl/α,β-unsaturated/α-hetero) is 1. The number of aromatic nitrogens is 1. The Hall–Kier alpha value is -2.22. The predicted octanol–water partition coefficient (Wildman–Crippen LogP) is 1.84. The first-order valence-electron chi connectivity index (χ1n) is 7.72. The first kappa shape index (κ1) is 18.1. The number of rotatable bonds is 4. The van der Waals surface area contributed by atoms with Crippen LogP contribution in [0.3, 0.4) is 0 Å². The van der Waals surface area contributed by atoms with E-state index in [1.807, 2.05) is 0 Å². The van der Waals surface area contributed by atoms with Crippen molar-refractivity contribution in [2.45, 2.75) is 32.4 Å². The summed E-state index contributed by atoms with van der Waals surface area (Å²) in [6, 6.07) is 1.96. The molecule has 0 radical (unpaired) electrons. The quantitative estimate of drug-likeness (QED) is 0.901. The number of morpholine rings is 1. The largest absolute Gasteiger partial charge is 0.444 e. The molecule has 132 valence electrons. The van der Waals surface area contributed by atoms with Crippen LogP contribution < -0.4 is 5.32 Å². The van der Waals surface area contributed by atoms with Gasteiger partial charge >= 0.3 is 6.09 Å². The Balaban J connectivity index is 1.97. The Morgan fingerprint density at radius 3 is 2.83 bits per heavy atom. The monoisotopic (exact) mass is 339 g/mol. The Bertz CT molecular complexity index is 586. The standard InChI is InChI=1S/C16H22FN3O4/c1-16(2,3)24-15(22)20-6-7-23-10-12(20)13(21)9-19-14-5-4-11(17)8-18-14/h4-5,8,12H,6-7,9-10H2,1-3H3,(H,18,19)/t12-/m1/s1. The average Bonchev–Trinajstić information content (AvgIpc) is 2.52. The van der Waals surface area contributed by atoms with E-state index in [4.69, 9.17) is 9.47 Å². The number of hydrogen-bond acceptors (Lipinski definition) is 6. The van der Waals surface area contributed by atoms with Gasteiger partial charge in [-0.15, -0.1) is 0 Å². The van der Waals surface area contributed by atoms with Gasteiger partial charge in [-0.25, -0.2) is 14.2 Å². The summed E-state index contributed by atoms with van der Waals surface area (Å²) in [5.74, 6) is -0.305. The van der Waals surface area contributed by atoms with Gasteiger partial charge in [-0.3, -0.25) is 9.69 Å². The van der Waals surface area contributed by atoms with Crippen LogP contribution in [0.1, 0.15) is 20.8 Å². The van der Waals surface area contributed by atoms with E-state index in [1.165, 1.54) is 17.0 Å². The van der Waals surface area contributed by atoms with Gasteiger partial charge in [-0.05, 0) is 32.9 Å². The second-order valence-electron chi connectivity index (χ2n) is 6.45. The molecule has 8 heteroatoms. The number of carbonyl (C=O) groups is 2. The predicted molar refractivity (Wildman–Crippen MR) is 85.2 cm³/mol. The molecule has 24 heavy (non-hydrogen) atoms. The highest BCUT2D eigenvalue weighted by molar-refractivity contribution is 5.90. The lowest BCUT2D eigenvalue weighted by molar-refractivity contribution is -0.128. The van der Waals surface area contributed by atoms with Crippen molar-refractivity contribution in [3.8, 4) is 0 Å². The molecule has 1 aliphatic rings. The Kier molecular flexibility index (Phi) is 5.71.